The van der Waals surface area contributed by atoms with Crippen molar-refractivity contribution in [1.82, 2.24) is 19.7 Å². The van der Waals surface area contributed by atoms with Gasteiger partial charge in [-0.05, 0) is 19.9 Å². The lowest BCUT2D eigenvalue weighted by Crippen LogP contribution is -2.49. The number of pyridine rings is 1. The molecular formula is C16H20N6O4. The van der Waals surface area contributed by atoms with Crippen LogP contribution in [0.25, 0.3) is 0 Å². The number of ether oxygens (including phenoxy) is 1. The molecule has 0 aliphatic carbocycles. The molecule has 10 heteroatoms. The summed E-state index contributed by atoms with van der Waals surface area (Å²) < 4.78 is 7.18. The third kappa shape index (κ3) is 4.33. The maximum Gasteiger partial charge on any atom is 0.287 e. The Balaban J connectivity index is 1.59. The first-order chi connectivity index (χ1) is 12.4. The number of carbonyl (C=O) groups excluding carboxylic acids is 1. The molecule has 0 aromatic carbocycles. The molecule has 2 atom stereocenters. The zero-order valence-electron chi connectivity index (χ0n) is 14.5. The van der Waals surface area contributed by atoms with Gasteiger partial charge in [-0.15, -0.1) is 0 Å². The van der Waals surface area contributed by atoms with E-state index < -0.39 is 4.92 Å². The van der Waals surface area contributed by atoms with Crippen LogP contribution < -0.4 is 5.32 Å². The van der Waals surface area contributed by atoms with Crippen molar-refractivity contribution in [3.05, 3.63) is 40.8 Å². The van der Waals surface area contributed by atoms with Gasteiger partial charge in [-0.2, -0.15) is 5.10 Å². The van der Waals surface area contributed by atoms with Gasteiger partial charge in [0, 0.05) is 25.4 Å². The van der Waals surface area contributed by atoms with Crippen LogP contribution in [0.4, 0.5) is 17.2 Å². The first kappa shape index (κ1) is 17.8. The maximum absolute atomic E-state index is 12.4. The number of nitrogens with zero attached hydrogens (tertiary/aromatic N) is 5. The quantitative estimate of drug-likeness (QED) is 0.635. The topological polar surface area (TPSA) is 115 Å². The summed E-state index contributed by atoms with van der Waals surface area (Å²) in [6.45, 7) is 5.17. The van der Waals surface area contributed by atoms with Gasteiger partial charge in [-0.3, -0.25) is 19.6 Å². The highest BCUT2D eigenvalue weighted by atomic mass is 16.6. The van der Waals surface area contributed by atoms with Gasteiger partial charge in [0.1, 0.15) is 18.6 Å². The second kappa shape index (κ2) is 7.48. The molecule has 0 bridgehead atoms. The van der Waals surface area contributed by atoms with Crippen LogP contribution in [-0.2, 0) is 16.1 Å². The molecule has 0 saturated carbocycles. The first-order valence-corrected chi connectivity index (χ1v) is 8.24. The van der Waals surface area contributed by atoms with E-state index >= 15 is 0 Å². The third-order valence-corrected chi connectivity index (χ3v) is 3.93. The number of hydrogen-bond acceptors (Lipinski definition) is 7. The van der Waals surface area contributed by atoms with Crippen molar-refractivity contribution in [1.29, 1.82) is 0 Å². The fraction of sp³-hybridized carbons (Fsp3) is 0.438. The Morgan fingerprint density at radius 3 is 2.69 bits per heavy atom. The summed E-state index contributed by atoms with van der Waals surface area (Å²) in [5.41, 5.74) is 0.564. The molecule has 3 heterocycles. The normalized spacial score (nSPS) is 20.0. The molecule has 1 saturated heterocycles. The van der Waals surface area contributed by atoms with Gasteiger partial charge in [0.15, 0.2) is 0 Å². The maximum atomic E-state index is 12.4. The Morgan fingerprint density at radius 1 is 1.35 bits per heavy atom. The number of nitro groups is 1. The summed E-state index contributed by atoms with van der Waals surface area (Å²) in [7, 11) is 0. The number of morpholine rings is 1. The van der Waals surface area contributed by atoms with Crippen LogP contribution in [0, 0.1) is 10.1 Å². The molecule has 26 heavy (non-hydrogen) atoms. The van der Waals surface area contributed by atoms with Crippen LogP contribution in [0.3, 0.4) is 0 Å². The highest BCUT2D eigenvalue weighted by Crippen LogP contribution is 2.17. The fourth-order valence-electron chi connectivity index (χ4n) is 2.85. The van der Waals surface area contributed by atoms with E-state index in [9.17, 15) is 14.9 Å². The Bertz CT molecular complexity index is 780. The average molecular weight is 360 g/mol. The summed E-state index contributed by atoms with van der Waals surface area (Å²) in [4.78, 5) is 28.3. The van der Waals surface area contributed by atoms with Crippen LogP contribution in [0.15, 0.2) is 30.7 Å². The van der Waals surface area contributed by atoms with Gasteiger partial charge in [-0.1, -0.05) is 0 Å². The molecule has 0 spiro atoms. The van der Waals surface area contributed by atoms with E-state index in [0.717, 1.165) is 0 Å². The first-order valence-electron chi connectivity index (χ1n) is 8.24. The minimum atomic E-state index is -0.506. The molecule has 1 amide bonds. The van der Waals surface area contributed by atoms with Gasteiger partial charge >= 0.3 is 0 Å². The number of aromatic nitrogens is 3. The van der Waals surface area contributed by atoms with Gasteiger partial charge < -0.3 is 15.0 Å². The van der Waals surface area contributed by atoms with Crippen molar-refractivity contribution in [2.24, 2.45) is 0 Å². The number of rotatable bonds is 5. The summed E-state index contributed by atoms with van der Waals surface area (Å²) in [5.74, 6) is 0.437. The Kier molecular flexibility index (Phi) is 5.12. The minimum absolute atomic E-state index is 0.0184. The largest absolute Gasteiger partial charge is 0.372 e. The number of anilines is 2. The lowest BCUT2D eigenvalue weighted by Gasteiger charge is -2.35. The zero-order valence-corrected chi connectivity index (χ0v) is 14.5. The van der Waals surface area contributed by atoms with E-state index in [1.165, 1.54) is 18.3 Å². The van der Waals surface area contributed by atoms with E-state index in [-0.39, 0.29) is 30.3 Å². The van der Waals surface area contributed by atoms with Gasteiger partial charge in [0.25, 0.3) is 5.69 Å². The van der Waals surface area contributed by atoms with Crippen LogP contribution in [0.1, 0.15) is 13.8 Å². The summed E-state index contributed by atoms with van der Waals surface area (Å²) >= 11 is 0. The summed E-state index contributed by atoms with van der Waals surface area (Å²) in [6.07, 6.45) is 4.48. The highest BCUT2D eigenvalue weighted by molar-refractivity contribution is 5.76. The van der Waals surface area contributed by atoms with Crippen molar-refractivity contribution in [3.63, 3.8) is 0 Å². The SMILES string of the molecule is CC1CN(C(=O)Cn2cc(Nc3ccc([N+](=O)[O-])cn3)cn2)CC(C)O1. The number of nitrogens with one attached hydrogen (secondary N) is 1. The van der Waals surface area contributed by atoms with Crippen molar-refractivity contribution in [3.8, 4) is 0 Å². The zero-order chi connectivity index (χ0) is 18.7. The smallest absolute Gasteiger partial charge is 0.287 e. The number of hydrogen-bond donors (Lipinski definition) is 1. The highest BCUT2D eigenvalue weighted by Gasteiger charge is 2.26. The monoisotopic (exact) mass is 360 g/mol. The molecule has 2 aromatic rings. The standard InChI is InChI=1S/C16H20N6O4/c1-11-7-20(8-12(2)26-11)16(23)10-21-9-13(5-18-21)19-15-4-3-14(6-17-15)22(24)25/h3-6,9,11-12H,7-8,10H2,1-2H3,(H,17,19). The molecule has 0 radical (unpaired) electrons. The third-order valence-electron chi connectivity index (χ3n) is 3.93. The molecule has 1 N–H and O–H groups in total. The van der Waals surface area contributed by atoms with Crippen LogP contribution in [0.2, 0.25) is 0 Å². The van der Waals surface area contributed by atoms with E-state index in [2.05, 4.69) is 15.4 Å². The summed E-state index contributed by atoms with van der Waals surface area (Å²) in [5, 5.41) is 17.8. The predicted octanol–water partition coefficient (Wildman–Crippen LogP) is 1.57. The molecule has 2 aromatic heterocycles. The van der Waals surface area contributed by atoms with Crippen LogP contribution >= 0.6 is 0 Å². The molecular weight excluding hydrogens is 340 g/mol. The number of carbonyl (C=O) groups is 1. The van der Waals surface area contributed by atoms with Gasteiger partial charge in [-0.25, -0.2) is 4.98 Å². The Hall–Kier alpha value is -3.01. The van der Waals surface area contributed by atoms with Crippen molar-refractivity contribution in [2.45, 2.75) is 32.6 Å². The fourth-order valence-corrected chi connectivity index (χ4v) is 2.85. The molecule has 1 aliphatic heterocycles. The van der Waals surface area contributed by atoms with Gasteiger partial charge in [0.05, 0.1) is 29.0 Å². The molecule has 1 aliphatic rings. The average Bonchev–Trinajstić information content (AvgIpc) is 3.01. The molecule has 138 valence electrons. The molecule has 2 unspecified atom stereocenters. The molecule has 10 nitrogen and oxygen atoms in total. The minimum Gasteiger partial charge on any atom is -0.372 e. The Labute approximate surface area is 149 Å². The van der Waals surface area contributed by atoms with Crippen LogP contribution in [0.5, 0.6) is 0 Å². The number of amides is 1. The van der Waals surface area contributed by atoms with Crippen molar-refractivity contribution >= 4 is 23.1 Å². The van der Waals surface area contributed by atoms with E-state index in [1.54, 1.807) is 22.0 Å². The molecule has 3 rings (SSSR count). The van der Waals surface area contributed by atoms with Crippen LogP contribution in [-0.4, -0.2) is 55.8 Å². The van der Waals surface area contributed by atoms with E-state index in [0.29, 0.717) is 24.6 Å². The predicted molar refractivity (Wildman–Crippen MR) is 93.0 cm³/mol. The van der Waals surface area contributed by atoms with Crippen molar-refractivity contribution < 1.29 is 14.5 Å². The Morgan fingerprint density at radius 2 is 2.08 bits per heavy atom. The van der Waals surface area contributed by atoms with Crippen molar-refractivity contribution in [2.75, 3.05) is 18.4 Å². The van der Waals surface area contributed by atoms with Gasteiger partial charge in [0.2, 0.25) is 5.91 Å². The lowest BCUT2D eigenvalue weighted by molar-refractivity contribution is -0.385. The summed E-state index contributed by atoms with van der Waals surface area (Å²) in [6, 6.07) is 2.88. The second-order valence-electron chi connectivity index (χ2n) is 6.27. The second-order valence-corrected chi connectivity index (χ2v) is 6.27. The van der Waals surface area contributed by atoms with E-state index in [4.69, 9.17) is 4.74 Å². The molecule has 1 fully saturated rings. The van der Waals surface area contributed by atoms with E-state index in [1.807, 2.05) is 13.8 Å². The lowest BCUT2D eigenvalue weighted by atomic mass is 10.2.